The van der Waals surface area contributed by atoms with Crippen molar-refractivity contribution in [1.82, 2.24) is 4.90 Å². The third-order valence-electron chi connectivity index (χ3n) is 3.92. The van der Waals surface area contributed by atoms with Gasteiger partial charge in [-0.1, -0.05) is 25.1 Å². The maximum absolute atomic E-state index is 12.3. The number of carbonyl (C=O) groups excluding carboxylic acids is 1. The Hall–Kier alpha value is -1.85. The first-order chi connectivity index (χ1) is 10.6. The number of benzene rings is 1. The lowest BCUT2D eigenvalue weighted by molar-refractivity contribution is -0.132. The number of para-hydroxylation sites is 1. The van der Waals surface area contributed by atoms with Crippen LogP contribution in [0.25, 0.3) is 11.0 Å². The maximum Gasteiger partial charge on any atom is 0.225 e. The smallest absolute Gasteiger partial charge is 0.225 e. The molecule has 22 heavy (non-hydrogen) atoms. The molecule has 1 atom stereocenters. The van der Waals surface area contributed by atoms with Crippen LogP contribution in [0.3, 0.4) is 0 Å². The monoisotopic (exact) mass is 304 g/mol. The van der Waals surface area contributed by atoms with Gasteiger partial charge < -0.3 is 19.8 Å². The molecular weight excluding hydrogens is 280 g/mol. The summed E-state index contributed by atoms with van der Waals surface area (Å²) in [5.74, 6) is 0.951. The van der Waals surface area contributed by atoms with Gasteiger partial charge in [0.2, 0.25) is 5.91 Å². The van der Waals surface area contributed by atoms with Gasteiger partial charge in [-0.05, 0) is 6.07 Å². The van der Waals surface area contributed by atoms with Crippen molar-refractivity contribution in [3.05, 3.63) is 35.6 Å². The number of furan rings is 1. The number of methoxy groups -OCH3 is 1. The molecule has 0 spiro atoms. The summed E-state index contributed by atoms with van der Waals surface area (Å²) >= 11 is 0. The summed E-state index contributed by atoms with van der Waals surface area (Å²) in [6, 6.07) is 7.92. The highest BCUT2D eigenvalue weighted by atomic mass is 16.5. The molecule has 5 nitrogen and oxygen atoms in total. The van der Waals surface area contributed by atoms with Crippen LogP contribution in [-0.4, -0.2) is 37.6 Å². The van der Waals surface area contributed by atoms with E-state index in [1.807, 2.05) is 24.3 Å². The van der Waals surface area contributed by atoms with Crippen molar-refractivity contribution in [3.63, 3.8) is 0 Å². The Balaban J connectivity index is 2.17. The fraction of sp³-hybridized carbons (Fsp3) is 0.471. The second-order valence-corrected chi connectivity index (χ2v) is 5.40. The topological polar surface area (TPSA) is 68.7 Å². The zero-order chi connectivity index (χ0) is 16.1. The second kappa shape index (κ2) is 7.42. The van der Waals surface area contributed by atoms with Gasteiger partial charge in [0.05, 0.1) is 12.5 Å². The van der Waals surface area contributed by atoms with Crippen molar-refractivity contribution in [2.75, 3.05) is 20.7 Å². The van der Waals surface area contributed by atoms with Gasteiger partial charge in [-0.25, -0.2) is 0 Å². The highest BCUT2D eigenvalue weighted by molar-refractivity contribution is 5.83. The number of aryl methyl sites for hydroxylation is 1. The van der Waals surface area contributed by atoms with Crippen LogP contribution in [-0.2, 0) is 22.5 Å². The molecule has 2 aromatic rings. The molecular formula is C17H24N2O3. The van der Waals surface area contributed by atoms with Gasteiger partial charge in [0, 0.05) is 44.6 Å². The highest BCUT2D eigenvalue weighted by Gasteiger charge is 2.19. The van der Waals surface area contributed by atoms with Crippen LogP contribution >= 0.6 is 0 Å². The molecule has 2 N–H and O–H groups in total. The minimum atomic E-state index is -0.235. The van der Waals surface area contributed by atoms with Crippen molar-refractivity contribution in [3.8, 4) is 0 Å². The van der Waals surface area contributed by atoms with Crippen LogP contribution in [0.2, 0.25) is 0 Å². The van der Waals surface area contributed by atoms with Crippen LogP contribution in [0.1, 0.15) is 24.7 Å². The molecule has 0 aliphatic carbocycles. The second-order valence-electron chi connectivity index (χ2n) is 5.40. The van der Waals surface area contributed by atoms with E-state index >= 15 is 0 Å². The molecule has 0 saturated heterocycles. The lowest BCUT2D eigenvalue weighted by Gasteiger charge is -2.20. The van der Waals surface area contributed by atoms with Crippen LogP contribution in [0.15, 0.2) is 28.7 Å². The van der Waals surface area contributed by atoms with Gasteiger partial charge in [0.25, 0.3) is 0 Å². The van der Waals surface area contributed by atoms with Gasteiger partial charge in [0.15, 0.2) is 0 Å². The zero-order valence-corrected chi connectivity index (χ0v) is 13.5. The van der Waals surface area contributed by atoms with E-state index in [1.165, 1.54) is 0 Å². The zero-order valence-electron chi connectivity index (χ0n) is 13.5. The van der Waals surface area contributed by atoms with Gasteiger partial charge in [-0.3, -0.25) is 4.79 Å². The molecule has 0 saturated carbocycles. The lowest BCUT2D eigenvalue weighted by atomic mass is 10.1. The van der Waals surface area contributed by atoms with E-state index in [9.17, 15) is 4.79 Å². The van der Waals surface area contributed by atoms with Gasteiger partial charge >= 0.3 is 0 Å². The molecule has 1 aromatic heterocycles. The predicted molar refractivity (Wildman–Crippen MR) is 86.5 cm³/mol. The molecule has 0 fully saturated rings. The fourth-order valence-corrected chi connectivity index (χ4v) is 2.55. The summed E-state index contributed by atoms with van der Waals surface area (Å²) in [6.07, 6.45) is 0.859. The SMILES string of the molecule is CCc1oc2ccccc2c1CN(C)C(=O)CC(CN)OC. The molecule has 120 valence electrons. The standard InChI is InChI=1S/C17H24N2O3/c1-4-15-14(13-7-5-6-8-16(13)22-15)11-19(2)17(20)9-12(10-18)21-3/h5-8,12H,4,9-11,18H2,1-3H3. The number of fused-ring (bicyclic) bond motifs is 1. The first-order valence-corrected chi connectivity index (χ1v) is 7.56. The molecule has 1 unspecified atom stereocenters. The quantitative estimate of drug-likeness (QED) is 0.852. The Morgan fingerprint density at radius 2 is 2.14 bits per heavy atom. The molecule has 2 rings (SSSR count). The average molecular weight is 304 g/mol. The largest absolute Gasteiger partial charge is 0.461 e. The molecule has 0 aliphatic rings. The number of nitrogens with two attached hydrogens (primary N) is 1. The summed E-state index contributed by atoms with van der Waals surface area (Å²) < 4.78 is 11.0. The van der Waals surface area contributed by atoms with E-state index in [1.54, 1.807) is 19.1 Å². The van der Waals surface area contributed by atoms with Crippen LogP contribution in [0.4, 0.5) is 0 Å². The van der Waals surface area contributed by atoms with Crippen molar-refractivity contribution < 1.29 is 13.9 Å². The molecule has 0 bridgehead atoms. The fourth-order valence-electron chi connectivity index (χ4n) is 2.55. The first-order valence-electron chi connectivity index (χ1n) is 7.56. The van der Waals surface area contributed by atoms with Gasteiger partial charge in [0.1, 0.15) is 11.3 Å². The number of amides is 1. The summed E-state index contributed by atoms with van der Waals surface area (Å²) in [5.41, 5.74) is 7.52. The molecule has 0 aliphatic heterocycles. The van der Waals surface area contributed by atoms with E-state index in [0.717, 1.165) is 28.7 Å². The van der Waals surface area contributed by atoms with Gasteiger partial charge in [-0.2, -0.15) is 0 Å². The molecule has 0 radical (unpaired) electrons. The van der Waals surface area contributed by atoms with E-state index in [4.69, 9.17) is 14.9 Å². The summed E-state index contributed by atoms with van der Waals surface area (Å²) in [5, 5.41) is 1.07. The van der Waals surface area contributed by atoms with E-state index in [2.05, 4.69) is 6.92 Å². The number of nitrogens with zero attached hydrogens (tertiary/aromatic N) is 1. The Labute approximate surface area is 131 Å². The molecule has 5 heteroatoms. The first kappa shape index (κ1) is 16.5. The number of hydrogen-bond donors (Lipinski definition) is 1. The van der Waals surface area contributed by atoms with Crippen LogP contribution in [0.5, 0.6) is 0 Å². The minimum absolute atomic E-state index is 0.0182. The Morgan fingerprint density at radius 3 is 2.77 bits per heavy atom. The number of ether oxygens (including phenoxy) is 1. The number of carbonyl (C=O) groups is 1. The van der Waals surface area contributed by atoms with Crippen molar-refractivity contribution in [1.29, 1.82) is 0 Å². The Kier molecular flexibility index (Phi) is 5.57. The van der Waals surface area contributed by atoms with E-state index < -0.39 is 0 Å². The van der Waals surface area contributed by atoms with Crippen molar-refractivity contribution in [2.45, 2.75) is 32.4 Å². The number of hydrogen-bond acceptors (Lipinski definition) is 4. The van der Waals surface area contributed by atoms with E-state index in [0.29, 0.717) is 19.5 Å². The Bertz CT molecular complexity index is 632. The van der Waals surface area contributed by atoms with Crippen LogP contribution < -0.4 is 5.73 Å². The average Bonchev–Trinajstić information content (AvgIpc) is 2.90. The van der Waals surface area contributed by atoms with Crippen molar-refractivity contribution >= 4 is 16.9 Å². The maximum atomic E-state index is 12.3. The summed E-state index contributed by atoms with van der Waals surface area (Å²) in [6.45, 7) is 2.92. The third kappa shape index (κ3) is 3.48. The summed E-state index contributed by atoms with van der Waals surface area (Å²) in [7, 11) is 3.37. The van der Waals surface area contributed by atoms with Crippen LogP contribution in [0, 0.1) is 0 Å². The van der Waals surface area contributed by atoms with Crippen molar-refractivity contribution in [2.24, 2.45) is 5.73 Å². The molecule has 1 aromatic carbocycles. The molecule has 1 heterocycles. The molecule has 1 amide bonds. The lowest BCUT2D eigenvalue weighted by Crippen LogP contribution is -2.33. The van der Waals surface area contributed by atoms with E-state index in [-0.39, 0.29) is 12.0 Å². The van der Waals surface area contributed by atoms with Gasteiger partial charge in [-0.15, -0.1) is 0 Å². The number of rotatable bonds is 7. The third-order valence-corrected chi connectivity index (χ3v) is 3.92. The summed E-state index contributed by atoms with van der Waals surface area (Å²) in [4.78, 5) is 14.0. The highest BCUT2D eigenvalue weighted by Crippen LogP contribution is 2.27. The Morgan fingerprint density at radius 1 is 1.41 bits per heavy atom. The predicted octanol–water partition coefficient (Wildman–Crippen LogP) is 2.32. The minimum Gasteiger partial charge on any atom is -0.461 e. The normalized spacial score (nSPS) is 12.5.